The summed E-state index contributed by atoms with van der Waals surface area (Å²) in [7, 11) is 0. The maximum atomic E-state index is 13.6. The molecule has 0 aliphatic carbocycles. The zero-order valence-electron chi connectivity index (χ0n) is 9.32. The van der Waals surface area contributed by atoms with Crippen molar-refractivity contribution < 1.29 is 18.1 Å². The largest absolute Gasteiger partial charge is 0.454 e. The van der Waals surface area contributed by atoms with Gasteiger partial charge in [-0.25, -0.2) is 8.78 Å². The number of hydrogen-bond acceptors (Lipinski definition) is 4. The molecule has 0 spiro atoms. The Morgan fingerprint density at radius 1 is 1.32 bits per heavy atom. The van der Waals surface area contributed by atoms with Crippen molar-refractivity contribution in [3.8, 4) is 0 Å². The van der Waals surface area contributed by atoms with Gasteiger partial charge in [-0.1, -0.05) is 0 Å². The van der Waals surface area contributed by atoms with Crippen molar-refractivity contribution in [2.45, 2.75) is 6.54 Å². The third-order valence-corrected chi connectivity index (χ3v) is 2.92. The predicted molar refractivity (Wildman–Crippen MR) is 71.8 cm³/mol. The summed E-state index contributed by atoms with van der Waals surface area (Å²) in [6.07, 6.45) is 0. The molecule has 5 nitrogen and oxygen atoms in total. The number of hydrogen-bond donors (Lipinski definition) is 1. The monoisotopic (exact) mass is 380 g/mol. The Kier molecular flexibility index (Phi) is 3.98. The summed E-state index contributed by atoms with van der Waals surface area (Å²) in [6.45, 7) is 0.0181. The Hall–Kier alpha value is -1.71. The van der Waals surface area contributed by atoms with Crippen LogP contribution in [0.15, 0.2) is 28.7 Å². The highest BCUT2D eigenvalue weighted by atomic mass is 127. The number of nitrogens with zero attached hydrogens (tertiary/aromatic N) is 1. The minimum absolute atomic E-state index is 0.0181. The molecule has 1 aromatic heterocycles. The molecule has 8 heteroatoms. The number of anilines is 1. The average molecular weight is 380 g/mol. The van der Waals surface area contributed by atoms with E-state index in [1.807, 2.05) is 22.6 Å². The molecule has 0 aliphatic heterocycles. The van der Waals surface area contributed by atoms with E-state index in [-0.39, 0.29) is 6.54 Å². The zero-order valence-corrected chi connectivity index (χ0v) is 11.5. The van der Waals surface area contributed by atoms with Crippen LogP contribution in [0.25, 0.3) is 0 Å². The van der Waals surface area contributed by atoms with Crippen molar-refractivity contribution in [1.29, 1.82) is 0 Å². The van der Waals surface area contributed by atoms with Crippen molar-refractivity contribution in [2.24, 2.45) is 0 Å². The summed E-state index contributed by atoms with van der Waals surface area (Å²) < 4.78 is 32.5. The number of nitro groups is 1. The molecule has 1 aromatic carbocycles. The standard InChI is InChI=1S/C11H7F2IN2O3/c12-7-2-3-8(16(17)18)11(10(7)13)15-5-6-1-4-9(14)19-6/h1-4,15H,5H2. The molecule has 0 unspecified atom stereocenters. The third kappa shape index (κ3) is 3.00. The average Bonchev–Trinajstić information content (AvgIpc) is 2.76. The predicted octanol–water partition coefficient (Wildman–Crippen LogP) is 3.68. The van der Waals surface area contributed by atoms with Crippen LogP contribution >= 0.6 is 22.6 Å². The lowest BCUT2D eigenvalue weighted by Crippen LogP contribution is -2.05. The van der Waals surface area contributed by atoms with Crippen molar-refractivity contribution >= 4 is 34.0 Å². The molecule has 1 N–H and O–H groups in total. The SMILES string of the molecule is O=[N+]([O-])c1ccc(F)c(F)c1NCc1ccc(I)o1. The molecule has 2 aromatic rings. The molecule has 2 rings (SSSR count). The first-order valence-electron chi connectivity index (χ1n) is 5.09. The second kappa shape index (κ2) is 5.51. The highest BCUT2D eigenvalue weighted by Crippen LogP contribution is 2.29. The summed E-state index contributed by atoms with van der Waals surface area (Å²) >= 11 is 1.95. The Balaban J connectivity index is 2.28. The van der Waals surface area contributed by atoms with Crippen LogP contribution in [-0.4, -0.2) is 4.92 Å². The molecule has 19 heavy (non-hydrogen) atoms. The van der Waals surface area contributed by atoms with Crippen molar-refractivity contribution in [3.05, 3.63) is 55.5 Å². The Bertz CT molecular complexity index is 630. The molecule has 0 saturated heterocycles. The lowest BCUT2D eigenvalue weighted by Gasteiger charge is -2.07. The Morgan fingerprint density at radius 2 is 2.05 bits per heavy atom. The lowest BCUT2D eigenvalue weighted by molar-refractivity contribution is -0.384. The highest BCUT2D eigenvalue weighted by Gasteiger charge is 2.21. The molecule has 0 aliphatic rings. The number of nitro benzene ring substituents is 1. The first kappa shape index (κ1) is 13.7. The van der Waals surface area contributed by atoms with Gasteiger partial charge in [-0.15, -0.1) is 0 Å². The van der Waals surface area contributed by atoms with Gasteiger partial charge in [0, 0.05) is 6.07 Å². The van der Waals surface area contributed by atoms with Gasteiger partial charge in [0.05, 0.1) is 11.5 Å². The second-order valence-corrected chi connectivity index (χ2v) is 4.64. The third-order valence-electron chi connectivity index (χ3n) is 2.34. The minimum atomic E-state index is -1.28. The van der Waals surface area contributed by atoms with Crippen LogP contribution in [0.3, 0.4) is 0 Å². The topological polar surface area (TPSA) is 68.3 Å². The van der Waals surface area contributed by atoms with Crippen LogP contribution in [0.5, 0.6) is 0 Å². The number of rotatable bonds is 4. The normalized spacial score (nSPS) is 10.5. The number of nitrogens with one attached hydrogen (secondary N) is 1. The summed E-state index contributed by atoms with van der Waals surface area (Å²) in [6, 6.07) is 4.95. The quantitative estimate of drug-likeness (QED) is 0.499. The van der Waals surface area contributed by atoms with Crippen LogP contribution < -0.4 is 5.32 Å². The van der Waals surface area contributed by atoms with Crippen LogP contribution in [-0.2, 0) is 6.54 Å². The van der Waals surface area contributed by atoms with E-state index >= 15 is 0 Å². The Labute approximate surface area is 119 Å². The summed E-state index contributed by atoms with van der Waals surface area (Å²) in [4.78, 5) is 9.97. The minimum Gasteiger partial charge on any atom is -0.454 e. The van der Waals surface area contributed by atoms with Gasteiger partial charge in [-0.3, -0.25) is 10.1 Å². The first-order valence-corrected chi connectivity index (χ1v) is 6.17. The molecule has 0 atom stereocenters. The molecule has 100 valence electrons. The van der Waals surface area contributed by atoms with Crippen molar-refractivity contribution in [3.63, 3.8) is 0 Å². The van der Waals surface area contributed by atoms with Crippen LogP contribution in [0.1, 0.15) is 5.76 Å². The van der Waals surface area contributed by atoms with Gasteiger partial charge in [0.15, 0.2) is 21.1 Å². The van der Waals surface area contributed by atoms with Gasteiger partial charge >= 0.3 is 0 Å². The fourth-order valence-electron chi connectivity index (χ4n) is 1.48. The molecule has 0 amide bonds. The van der Waals surface area contributed by atoms with Gasteiger partial charge in [-0.2, -0.15) is 0 Å². The Morgan fingerprint density at radius 3 is 2.63 bits per heavy atom. The maximum Gasteiger partial charge on any atom is 0.295 e. The summed E-state index contributed by atoms with van der Waals surface area (Å²) in [5.74, 6) is -1.97. The molecule has 1 heterocycles. The van der Waals surface area contributed by atoms with E-state index < -0.39 is 27.9 Å². The fourth-order valence-corrected chi connectivity index (χ4v) is 1.95. The molecule has 0 saturated carbocycles. The molecule has 0 bridgehead atoms. The fraction of sp³-hybridized carbons (Fsp3) is 0.0909. The smallest absolute Gasteiger partial charge is 0.295 e. The molecule has 0 radical (unpaired) electrons. The number of benzene rings is 1. The van der Waals surface area contributed by atoms with E-state index in [4.69, 9.17) is 4.42 Å². The van der Waals surface area contributed by atoms with Crippen LogP contribution in [0.2, 0.25) is 0 Å². The first-order chi connectivity index (χ1) is 8.99. The van der Waals surface area contributed by atoms with Gasteiger partial charge in [0.2, 0.25) is 0 Å². The van der Waals surface area contributed by atoms with Gasteiger partial charge < -0.3 is 9.73 Å². The molecule has 0 fully saturated rings. The lowest BCUT2D eigenvalue weighted by atomic mass is 10.2. The molecular formula is C11H7F2IN2O3. The van der Waals surface area contributed by atoms with E-state index in [0.29, 0.717) is 15.6 Å². The number of furan rings is 1. The van der Waals surface area contributed by atoms with E-state index in [1.54, 1.807) is 12.1 Å². The van der Waals surface area contributed by atoms with E-state index in [1.165, 1.54) is 0 Å². The van der Waals surface area contributed by atoms with Gasteiger partial charge in [0.25, 0.3) is 5.69 Å². The zero-order chi connectivity index (χ0) is 14.0. The van der Waals surface area contributed by atoms with Crippen molar-refractivity contribution in [1.82, 2.24) is 0 Å². The highest BCUT2D eigenvalue weighted by molar-refractivity contribution is 14.1. The number of halogens is 3. The second-order valence-electron chi connectivity index (χ2n) is 3.57. The van der Waals surface area contributed by atoms with Crippen molar-refractivity contribution in [2.75, 3.05) is 5.32 Å². The maximum absolute atomic E-state index is 13.6. The summed E-state index contributed by atoms with van der Waals surface area (Å²) in [5.41, 5.74) is -1.02. The van der Waals surface area contributed by atoms with E-state index in [9.17, 15) is 18.9 Å². The van der Waals surface area contributed by atoms with E-state index in [0.717, 1.165) is 6.07 Å². The van der Waals surface area contributed by atoms with Crippen LogP contribution in [0.4, 0.5) is 20.2 Å². The van der Waals surface area contributed by atoms with E-state index in [2.05, 4.69) is 5.32 Å². The van der Waals surface area contributed by atoms with Crippen LogP contribution in [0, 0.1) is 25.5 Å². The summed E-state index contributed by atoms with van der Waals surface area (Å²) in [5, 5.41) is 13.2. The van der Waals surface area contributed by atoms with Gasteiger partial charge in [0.1, 0.15) is 5.76 Å². The molecular weight excluding hydrogens is 373 g/mol. The van der Waals surface area contributed by atoms with Gasteiger partial charge in [-0.05, 0) is 40.8 Å².